The van der Waals surface area contributed by atoms with E-state index in [1.807, 2.05) is 30.3 Å². The van der Waals surface area contributed by atoms with Gasteiger partial charge in [0.25, 0.3) is 0 Å². The molecule has 1 unspecified atom stereocenters. The molecule has 2 rings (SSSR count). The van der Waals surface area contributed by atoms with E-state index in [0.29, 0.717) is 11.7 Å². The fourth-order valence-electron chi connectivity index (χ4n) is 1.18. The van der Waals surface area contributed by atoms with Crippen LogP contribution in [-0.4, -0.2) is 10.1 Å². The Kier molecular flexibility index (Phi) is 3.16. The molecule has 16 heavy (non-hydrogen) atoms. The van der Waals surface area contributed by atoms with E-state index in [1.54, 1.807) is 6.92 Å². The van der Waals surface area contributed by atoms with Gasteiger partial charge in [-0.1, -0.05) is 23.4 Å². The molecule has 1 aromatic carbocycles. The maximum absolute atomic E-state index is 5.60. The van der Waals surface area contributed by atoms with E-state index in [0.717, 1.165) is 5.75 Å². The summed E-state index contributed by atoms with van der Waals surface area (Å²) in [6, 6.07) is 9.21. The van der Waals surface area contributed by atoms with Gasteiger partial charge in [0.1, 0.15) is 5.75 Å². The molecule has 1 heterocycles. The van der Waals surface area contributed by atoms with Crippen LogP contribution in [0, 0.1) is 0 Å². The molecule has 0 fully saturated rings. The highest BCUT2D eigenvalue weighted by atomic mass is 16.5. The lowest BCUT2D eigenvalue weighted by Gasteiger charge is -2.01. The van der Waals surface area contributed by atoms with Crippen molar-refractivity contribution in [2.24, 2.45) is 5.73 Å². The molecule has 0 amide bonds. The highest BCUT2D eigenvalue weighted by Gasteiger charge is 2.10. The molecule has 1 atom stereocenters. The highest BCUT2D eigenvalue weighted by Crippen LogP contribution is 2.11. The van der Waals surface area contributed by atoms with Crippen LogP contribution in [0.3, 0.4) is 0 Å². The summed E-state index contributed by atoms with van der Waals surface area (Å²) in [5, 5.41) is 3.76. The molecule has 5 heteroatoms. The van der Waals surface area contributed by atoms with E-state index < -0.39 is 0 Å². The van der Waals surface area contributed by atoms with Crippen LogP contribution in [0.1, 0.15) is 24.7 Å². The van der Waals surface area contributed by atoms with Crippen molar-refractivity contribution in [2.45, 2.75) is 19.6 Å². The first-order valence-corrected chi connectivity index (χ1v) is 5.01. The third-order valence-corrected chi connectivity index (χ3v) is 1.98. The second-order valence-electron chi connectivity index (χ2n) is 3.44. The van der Waals surface area contributed by atoms with Crippen LogP contribution in [0.4, 0.5) is 0 Å². The monoisotopic (exact) mass is 219 g/mol. The van der Waals surface area contributed by atoms with Crippen molar-refractivity contribution in [2.75, 3.05) is 0 Å². The number of nitrogens with two attached hydrogens (primary N) is 1. The van der Waals surface area contributed by atoms with Crippen molar-refractivity contribution < 1.29 is 9.26 Å². The van der Waals surface area contributed by atoms with Gasteiger partial charge in [0.15, 0.2) is 6.61 Å². The molecule has 5 nitrogen and oxygen atoms in total. The third-order valence-electron chi connectivity index (χ3n) is 1.98. The SMILES string of the molecule is CC(N)c1nc(COc2ccccc2)no1. The summed E-state index contributed by atoms with van der Waals surface area (Å²) in [5.41, 5.74) is 5.60. The van der Waals surface area contributed by atoms with Crippen LogP contribution >= 0.6 is 0 Å². The van der Waals surface area contributed by atoms with Gasteiger partial charge < -0.3 is 15.0 Å². The minimum atomic E-state index is -0.252. The Morgan fingerprint density at radius 2 is 2.12 bits per heavy atom. The second kappa shape index (κ2) is 4.76. The fourth-order valence-corrected chi connectivity index (χ4v) is 1.18. The first-order valence-electron chi connectivity index (χ1n) is 5.01. The van der Waals surface area contributed by atoms with Crippen LogP contribution < -0.4 is 10.5 Å². The predicted molar refractivity (Wildman–Crippen MR) is 57.7 cm³/mol. The van der Waals surface area contributed by atoms with Crippen molar-refractivity contribution in [3.8, 4) is 5.75 Å². The molecule has 2 aromatic rings. The second-order valence-corrected chi connectivity index (χ2v) is 3.44. The molecule has 0 aliphatic rings. The number of ether oxygens (including phenoxy) is 1. The Balaban J connectivity index is 1.95. The molecule has 0 saturated carbocycles. The van der Waals surface area contributed by atoms with Gasteiger partial charge in [-0.3, -0.25) is 0 Å². The van der Waals surface area contributed by atoms with Crippen LogP contribution in [0.5, 0.6) is 5.75 Å². The normalized spacial score (nSPS) is 12.4. The number of para-hydroxylation sites is 1. The fraction of sp³-hybridized carbons (Fsp3) is 0.273. The van der Waals surface area contributed by atoms with Crippen molar-refractivity contribution in [1.29, 1.82) is 0 Å². The summed E-state index contributed by atoms with van der Waals surface area (Å²) >= 11 is 0. The molecule has 0 bridgehead atoms. The average Bonchev–Trinajstić information content (AvgIpc) is 2.76. The van der Waals surface area contributed by atoms with Gasteiger partial charge in [-0.05, 0) is 19.1 Å². The van der Waals surface area contributed by atoms with Crippen LogP contribution in [-0.2, 0) is 6.61 Å². The van der Waals surface area contributed by atoms with Gasteiger partial charge in [0.05, 0.1) is 6.04 Å². The summed E-state index contributed by atoms with van der Waals surface area (Å²) in [4.78, 5) is 4.10. The predicted octanol–water partition coefficient (Wildman–Crippen LogP) is 1.67. The molecular formula is C11H13N3O2. The van der Waals surface area contributed by atoms with Crippen molar-refractivity contribution >= 4 is 0 Å². The van der Waals surface area contributed by atoms with Crippen LogP contribution in [0.25, 0.3) is 0 Å². The first kappa shape index (κ1) is 10.6. The summed E-state index contributed by atoms with van der Waals surface area (Å²) < 4.78 is 10.4. The number of rotatable bonds is 4. The first-order chi connectivity index (χ1) is 7.75. The quantitative estimate of drug-likeness (QED) is 0.846. The van der Waals surface area contributed by atoms with E-state index in [4.69, 9.17) is 15.0 Å². The van der Waals surface area contributed by atoms with Crippen molar-refractivity contribution in [3.63, 3.8) is 0 Å². The van der Waals surface area contributed by atoms with Crippen molar-refractivity contribution in [3.05, 3.63) is 42.0 Å². The van der Waals surface area contributed by atoms with Gasteiger partial charge in [-0.15, -0.1) is 0 Å². The Hall–Kier alpha value is -1.88. The molecule has 84 valence electrons. The Morgan fingerprint density at radius 1 is 1.38 bits per heavy atom. The highest BCUT2D eigenvalue weighted by molar-refractivity contribution is 5.20. The van der Waals surface area contributed by atoms with Crippen molar-refractivity contribution in [1.82, 2.24) is 10.1 Å². The number of hydrogen-bond donors (Lipinski definition) is 1. The van der Waals surface area contributed by atoms with Gasteiger partial charge in [-0.2, -0.15) is 4.98 Å². The van der Waals surface area contributed by atoms with Gasteiger partial charge in [0, 0.05) is 0 Å². The molecule has 0 aliphatic heterocycles. The van der Waals surface area contributed by atoms with E-state index in [9.17, 15) is 0 Å². The minimum Gasteiger partial charge on any atom is -0.485 e. The van der Waals surface area contributed by atoms with Crippen LogP contribution in [0.15, 0.2) is 34.9 Å². The van der Waals surface area contributed by atoms with E-state index in [-0.39, 0.29) is 12.6 Å². The van der Waals surface area contributed by atoms with Gasteiger partial charge in [-0.25, -0.2) is 0 Å². The zero-order valence-corrected chi connectivity index (χ0v) is 8.96. The molecule has 0 spiro atoms. The largest absolute Gasteiger partial charge is 0.485 e. The number of nitrogens with zero attached hydrogens (tertiary/aromatic N) is 2. The maximum Gasteiger partial charge on any atom is 0.243 e. The molecule has 0 saturated heterocycles. The maximum atomic E-state index is 5.60. The van der Waals surface area contributed by atoms with Gasteiger partial charge >= 0.3 is 0 Å². The third kappa shape index (κ3) is 2.58. The average molecular weight is 219 g/mol. The standard InChI is InChI=1S/C11H13N3O2/c1-8(12)11-13-10(14-16-11)7-15-9-5-3-2-4-6-9/h2-6,8H,7,12H2,1H3. The number of benzene rings is 1. The lowest BCUT2D eigenvalue weighted by Crippen LogP contribution is -2.05. The lowest BCUT2D eigenvalue weighted by molar-refractivity contribution is 0.284. The molecule has 0 aliphatic carbocycles. The van der Waals surface area contributed by atoms with E-state index in [2.05, 4.69) is 10.1 Å². The molecular weight excluding hydrogens is 206 g/mol. The number of hydrogen-bond acceptors (Lipinski definition) is 5. The zero-order chi connectivity index (χ0) is 11.4. The van der Waals surface area contributed by atoms with E-state index in [1.165, 1.54) is 0 Å². The minimum absolute atomic E-state index is 0.252. The summed E-state index contributed by atoms with van der Waals surface area (Å²) in [5.74, 6) is 1.69. The van der Waals surface area contributed by atoms with Gasteiger partial charge in [0.2, 0.25) is 11.7 Å². The Labute approximate surface area is 93.2 Å². The Bertz CT molecular complexity index is 440. The zero-order valence-electron chi connectivity index (χ0n) is 8.96. The van der Waals surface area contributed by atoms with E-state index >= 15 is 0 Å². The molecule has 2 N–H and O–H groups in total. The smallest absolute Gasteiger partial charge is 0.243 e. The lowest BCUT2D eigenvalue weighted by atomic mass is 10.3. The summed E-state index contributed by atoms with van der Waals surface area (Å²) in [6.45, 7) is 2.07. The Morgan fingerprint density at radius 3 is 2.75 bits per heavy atom. The molecule has 1 aromatic heterocycles. The summed E-state index contributed by atoms with van der Waals surface area (Å²) in [6.07, 6.45) is 0. The summed E-state index contributed by atoms with van der Waals surface area (Å²) in [7, 11) is 0. The van der Waals surface area contributed by atoms with Crippen LogP contribution in [0.2, 0.25) is 0 Å². The number of aromatic nitrogens is 2. The topological polar surface area (TPSA) is 74.2 Å². The molecule has 0 radical (unpaired) electrons.